The summed E-state index contributed by atoms with van der Waals surface area (Å²) in [5.41, 5.74) is 0. The van der Waals surface area contributed by atoms with Gasteiger partial charge in [-0.1, -0.05) is 20.3 Å². The third kappa shape index (κ3) is 9.54. The zero-order chi connectivity index (χ0) is 10.1. The van der Waals surface area contributed by atoms with E-state index in [-0.39, 0.29) is 5.78 Å². The van der Waals surface area contributed by atoms with Crippen LogP contribution in [0.1, 0.15) is 46.5 Å². The summed E-state index contributed by atoms with van der Waals surface area (Å²) in [4.78, 5) is 10.6. The van der Waals surface area contributed by atoms with Crippen LogP contribution >= 0.6 is 0 Å². The maximum Gasteiger partial charge on any atom is 0.129 e. The lowest BCUT2D eigenvalue weighted by atomic mass is 10.1. The molecule has 0 aromatic heterocycles. The Bertz CT molecular complexity index is 132. The molecule has 1 unspecified atom stereocenters. The molecule has 13 heavy (non-hydrogen) atoms. The van der Waals surface area contributed by atoms with E-state index in [2.05, 4.69) is 13.8 Å². The van der Waals surface area contributed by atoms with Crippen LogP contribution in [0.2, 0.25) is 0 Å². The predicted octanol–water partition coefficient (Wildman–Crippen LogP) is 2.81. The van der Waals surface area contributed by atoms with Crippen LogP contribution in [0.4, 0.5) is 0 Å². The van der Waals surface area contributed by atoms with Crippen molar-refractivity contribution in [2.24, 2.45) is 5.92 Å². The molecule has 0 heterocycles. The molecular formula is C11H22O2. The van der Waals surface area contributed by atoms with Gasteiger partial charge in [0.1, 0.15) is 5.78 Å². The number of ketones is 1. The Morgan fingerprint density at radius 1 is 1.46 bits per heavy atom. The molecule has 1 atom stereocenters. The fraction of sp³-hybridized carbons (Fsp3) is 0.909. The average Bonchev–Trinajstić information content (AvgIpc) is 2.03. The Morgan fingerprint density at radius 2 is 2.15 bits per heavy atom. The van der Waals surface area contributed by atoms with E-state index in [9.17, 15) is 4.79 Å². The zero-order valence-corrected chi connectivity index (χ0v) is 9.14. The van der Waals surface area contributed by atoms with Crippen molar-refractivity contribution in [1.82, 2.24) is 0 Å². The highest BCUT2D eigenvalue weighted by molar-refractivity contribution is 5.75. The molecular weight excluding hydrogens is 164 g/mol. The van der Waals surface area contributed by atoms with Gasteiger partial charge in [0.15, 0.2) is 0 Å². The molecule has 0 N–H and O–H groups in total. The van der Waals surface area contributed by atoms with Crippen molar-refractivity contribution in [1.29, 1.82) is 0 Å². The molecule has 0 aliphatic heterocycles. The second-order valence-electron chi connectivity index (χ2n) is 3.77. The van der Waals surface area contributed by atoms with Gasteiger partial charge in [-0.05, 0) is 25.7 Å². The lowest BCUT2D eigenvalue weighted by molar-refractivity contribution is -0.117. The summed E-state index contributed by atoms with van der Waals surface area (Å²) < 4.78 is 5.45. The van der Waals surface area contributed by atoms with Crippen molar-refractivity contribution in [3.8, 4) is 0 Å². The summed E-state index contributed by atoms with van der Waals surface area (Å²) in [7, 11) is 0. The number of carbonyl (C=O) groups is 1. The Labute approximate surface area is 81.7 Å². The van der Waals surface area contributed by atoms with Crippen LogP contribution in [0, 0.1) is 5.92 Å². The van der Waals surface area contributed by atoms with Gasteiger partial charge in [-0.3, -0.25) is 0 Å². The van der Waals surface area contributed by atoms with Gasteiger partial charge >= 0.3 is 0 Å². The van der Waals surface area contributed by atoms with E-state index < -0.39 is 0 Å². The van der Waals surface area contributed by atoms with Crippen molar-refractivity contribution < 1.29 is 9.53 Å². The molecule has 0 radical (unpaired) electrons. The van der Waals surface area contributed by atoms with Crippen LogP contribution in [0.25, 0.3) is 0 Å². The van der Waals surface area contributed by atoms with Crippen LogP contribution < -0.4 is 0 Å². The van der Waals surface area contributed by atoms with Gasteiger partial charge in [0.2, 0.25) is 0 Å². The van der Waals surface area contributed by atoms with Crippen LogP contribution in [-0.2, 0) is 9.53 Å². The fourth-order valence-electron chi connectivity index (χ4n) is 1.28. The van der Waals surface area contributed by atoms with E-state index >= 15 is 0 Å². The molecule has 2 heteroatoms. The highest BCUT2D eigenvalue weighted by atomic mass is 16.5. The van der Waals surface area contributed by atoms with Gasteiger partial charge in [-0.25, -0.2) is 0 Å². The van der Waals surface area contributed by atoms with Crippen molar-refractivity contribution >= 4 is 5.78 Å². The monoisotopic (exact) mass is 186 g/mol. The van der Waals surface area contributed by atoms with E-state index in [1.165, 1.54) is 12.8 Å². The van der Waals surface area contributed by atoms with Crippen molar-refractivity contribution in [2.45, 2.75) is 46.5 Å². The van der Waals surface area contributed by atoms with E-state index in [0.717, 1.165) is 19.6 Å². The molecule has 0 aromatic rings. The molecule has 0 saturated heterocycles. The number of Topliss-reactive ketones (excluding diaryl/α,β-unsaturated/α-hetero) is 1. The zero-order valence-electron chi connectivity index (χ0n) is 9.14. The number of carbonyl (C=O) groups excluding carboxylic acids is 1. The Morgan fingerprint density at radius 3 is 2.69 bits per heavy atom. The van der Waals surface area contributed by atoms with Gasteiger partial charge in [0.05, 0.1) is 0 Å². The van der Waals surface area contributed by atoms with Crippen LogP contribution in [0.15, 0.2) is 0 Å². The maximum absolute atomic E-state index is 10.6. The third-order valence-electron chi connectivity index (χ3n) is 2.00. The smallest absolute Gasteiger partial charge is 0.129 e. The van der Waals surface area contributed by atoms with E-state index in [1.54, 1.807) is 6.92 Å². The highest BCUT2D eigenvalue weighted by Gasteiger charge is 2.00. The second-order valence-corrected chi connectivity index (χ2v) is 3.77. The molecule has 0 aliphatic carbocycles. The van der Waals surface area contributed by atoms with Crippen LogP contribution in [0.3, 0.4) is 0 Å². The molecule has 0 bridgehead atoms. The summed E-state index contributed by atoms with van der Waals surface area (Å²) in [5, 5.41) is 0. The fourth-order valence-corrected chi connectivity index (χ4v) is 1.28. The van der Waals surface area contributed by atoms with Crippen molar-refractivity contribution in [3.63, 3.8) is 0 Å². The molecule has 78 valence electrons. The number of hydrogen-bond donors (Lipinski definition) is 0. The number of rotatable bonds is 8. The predicted molar refractivity (Wildman–Crippen MR) is 54.8 cm³/mol. The Balaban J connectivity index is 3.11. The second kappa shape index (κ2) is 8.24. The number of hydrogen-bond acceptors (Lipinski definition) is 2. The minimum atomic E-state index is 0.255. The molecule has 0 saturated carbocycles. The quantitative estimate of drug-likeness (QED) is 0.545. The first kappa shape index (κ1) is 12.6. The molecule has 0 aliphatic rings. The van der Waals surface area contributed by atoms with Gasteiger partial charge in [-0.2, -0.15) is 0 Å². The minimum Gasteiger partial charge on any atom is -0.381 e. The van der Waals surface area contributed by atoms with E-state index in [0.29, 0.717) is 12.3 Å². The maximum atomic E-state index is 10.6. The minimum absolute atomic E-state index is 0.255. The standard InChI is InChI=1S/C11H22O2/c1-4-6-10(2)9-13-8-5-7-11(3)12/h10H,4-9H2,1-3H3. The lowest BCUT2D eigenvalue weighted by Crippen LogP contribution is -2.07. The summed E-state index contributed by atoms with van der Waals surface area (Å²) in [6.07, 6.45) is 3.97. The molecule has 0 fully saturated rings. The molecule has 0 amide bonds. The summed E-state index contributed by atoms with van der Waals surface area (Å²) in [5.74, 6) is 0.910. The summed E-state index contributed by atoms with van der Waals surface area (Å²) in [6.45, 7) is 7.58. The first-order valence-corrected chi connectivity index (χ1v) is 5.24. The first-order valence-electron chi connectivity index (χ1n) is 5.24. The highest BCUT2D eigenvalue weighted by Crippen LogP contribution is 2.05. The van der Waals surface area contributed by atoms with Gasteiger partial charge in [0, 0.05) is 19.6 Å². The van der Waals surface area contributed by atoms with Crippen LogP contribution in [-0.4, -0.2) is 19.0 Å². The topological polar surface area (TPSA) is 26.3 Å². The van der Waals surface area contributed by atoms with Crippen LogP contribution in [0.5, 0.6) is 0 Å². The number of ether oxygens (including phenoxy) is 1. The van der Waals surface area contributed by atoms with Gasteiger partial charge < -0.3 is 9.53 Å². The summed E-state index contributed by atoms with van der Waals surface area (Å²) in [6, 6.07) is 0. The molecule has 0 aromatic carbocycles. The molecule has 0 spiro atoms. The Hall–Kier alpha value is -0.370. The van der Waals surface area contributed by atoms with E-state index in [1.807, 2.05) is 0 Å². The van der Waals surface area contributed by atoms with Crippen molar-refractivity contribution in [3.05, 3.63) is 0 Å². The molecule has 2 nitrogen and oxygen atoms in total. The normalized spacial score (nSPS) is 12.8. The van der Waals surface area contributed by atoms with Gasteiger partial charge in [-0.15, -0.1) is 0 Å². The largest absolute Gasteiger partial charge is 0.381 e. The SMILES string of the molecule is CCCC(C)COCCCC(C)=O. The lowest BCUT2D eigenvalue weighted by Gasteiger charge is -2.09. The average molecular weight is 186 g/mol. The Kier molecular flexibility index (Phi) is 8.00. The van der Waals surface area contributed by atoms with Gasteiger partial charge in [0.25, 0.3) is 0 Å². The first-order chi connectivity index (χ1) is 6.16. The van der Waals surface area contributed by atoms with Crippen molar-refractivity contribution in [2.75, 3.05) is 13.2 Å². The summed E-state index contributed by atoms with van der Waals surface area (Å²) >= 11 is 0. The molecule has 0 rings (SSSR count). The third-order valence-corrected chi connectivity index (χ3v) is 2.00. The van der Waals surface area contributed by atoms with E-state index in [4.69, 9.17) is 4.74 Å².